The summed E-state index contributed by atoms with van der Waals surface area (Å²) in [6.07, 6.45) is 1.06. The normalized spacial score (nSPS) is 20.5. The van der Waals surface area contributed by atoms with Gasteiger partial charge in [-0.05, 0) is 0 Å². The largest absolute Gasteiger partial charge is 0.445 e. The number of rotatable bonds is 3. The number of aliphatic hydroxyl groups excluding tert-OH is 1. The van der Waals surface area contributed by atoms with Crippen molar-refractivity contribution in [3.63, 3.8) is 0 Å². The summed E-state index contributed by atoms with van der Waals surface area (Å²) in [6.45, 7) is 3.21. The number of aliphatic hydroxyl groups is 1. The molecule has 16 heavy (non-hydrogen) atoms. The molecule has 0 atom stereocenters. The number of nitrogens with zero attached hydrogens (tertiary/aromatic N) is 1. The molecule has 0 spiro atoms. The third-order valence-corrected chi connectivity index (χ3v) is 1.96. The maximum atomic E-state index is 11.5. The van der Waals surface area contributed by atoms with Crippen LogP contribution < -0.4 is 0 Å². The zero-order chi connectivity index (χ0) is 12.3. The lowest BCUT2D eigenvalue weighted by atomic mass is 10.4. The maximum absolute atomic E-state index is 11.5. The zero-order valence-corrected chi connectivity index (χ0v) is 9.52. The lowest BCUT2D eigenvalue weighted by Gasteiger charge is -2.15. The molecule has 90 valence electrons. The number of likely N-dealkylation sites (N-methyl/N-ethyl adjacent to an activating group) is 1. The minimum absolute atomic E-state index is 0.111. The van der Waals surface area contributed by atoms with E-state index in [-0.39, 0.29) is 18.9 Å². The van der Waals surface area contributed by atoms with Crippen molar-refractivity contribution in [1.29, 1.82) is 0 Å². The highest BCUT2D eigenvalue weighted by molar-refractivity contribution is 5.97. The molecule has 0 aliphatic carbocycles. The Morgan fingerprint density at radius 3 is 2.56 bits per heavy atom. The molecule has 1 aliphatic heterocycles. The molecule has 6 nitrogen and oxygen atoms in total. The molecule has 0 aromatic heterocycles. The van der Waals surface area contributed by atoms with Gasteiger partial charge < -0.3 is 19.5 Å². The van der Waals surface area contributed by atoms with Gasteiger partial charge in [0.25, 0.3) is 0 Å². The van der Waals surface area contributed by atoms with Crippen LogP contribution in [0, 0.1) is 0 Å². The predicted octanol–water partition coefficient (Wildman–Crippen LogP) is -0.370. The van der Waals surface area contributed by atoms with Gasteiger partial charge in [0.1, 0.15) is 0 Å². The number of ether oxygens (including phenoxy) is 2. The van der Waals surface area contributed by atoms with Gasteiger partial charge >= 0.3 is 5.97 Å². The zero-order valence-electron chi connectivity index (χ0n) is 9.52. The van der Waals surface area contributed by atoms with E-state index >= 15 is 0 Å². The van der Waals surface area contributed by atoms with E-state index in [0.29, 0.717) is 0 Å². The molecular formula is C10H15NO5. The molecule has 1 rings (SSSR count). The van der Waals surface area contributed by atoms with Crippen molar-refractivity contribution in [1.82, 2.24) is 4.90 Å². The van der Waals surface area contributed by atoms with E-state index in [9.17, 15) is 9.59 Å². The van der Waals surface area contributed by atoms with Gasteiger partial charge in [0.05, 0.1) is 12.7 Å². The summed E-state index contributed by atoms with van der Waals surface area (Å²) in [4.78, 5) is 24.0. The molecule has 0 unspecified atom stereocenters. The van der Waals surface area contributed by atoms with Crippen molar-refractivity contribution in [2.45, 2.75) is 19.6 Å². The van der Waals surface area contributed by atoms with Crippen molar-refractivity contribution in [3.8, 4) is 0 Å². The van der Waals surface area contributed by atoms with E-state index in [1.54, 1.807) is 13.8 Å². The highest BCUT2D eigenvalue weighted by Gasteiger charge is 2.37. The fourth-order valence-electron chi connectivity index (χ4n) is 1.17. The fraction of sp³-hybridized carbons (Fsp3) is 0.600. The van der Waals surface area contributed by atoms with Gasteiger partial charge in [-0.3, -0.25) is 4.79 Å². The van der Waals surface area contributed by atoms with Crippen LogP contribution in [0.15, 0.2) is 11.8 Å². The molecule has 0 radical (unpaired) electrons. The molecule has 1 amide bonds. The van der Waals surface area contributed by atoms with Crippen LogP contribution in [-0.4, -0.2) is 47.9 Å². The molecule has 1 heterocycles. The second-order valence-electron chi connectivity index (χ2n) is 3.88. The molecule has 1 aliphatic rings. The Kier molecular flexibility index (Phi) is 3.54. The minimum Gasteiger partial charge on any atom is -0.445 e. The summed E-state index contributed by atoms with van der Waals surface area (Å²) < 4.78 is 9.99. The first-order valence-corrected chi connectivity index (χ1v) is 4.86. The van der Waals surface area contributed by atoms with Gasteiger partial charge in [-0.1, -0.05) is 0 Å². The maximum Gasteiger partial charge on any atom is 0.377 e. The van der Waals surface area contributed by atoms with Crippen LogP contribution in [0.3, 0.4) is 0 Å². The Balaban J connectivity index is 2.71. The Hall–Kier alpha value is -1.56. The summed E-state index contributed by atoms with van der Waals surface area (Å²) in [6, 6.07) is 0. The number of esters is 1. The molecule has 0 aromatic carbocycles. The number of hydrogen-bond acceptors (Lipinski definition) is 5. The summed E-state index contributed by atoms with van der Waals surface area (Å²) in [5.41, 5.74) is 0. The molecule has 0 aromatic rings. The number of carbonyl (C=O) groups excluding carboxylic acids is 2. The standard InChI is InChI=1S/C10H15NO5/c1-10(2)15-7(9(14)16-10)6-8(13)11(3)4-5-12/h6,12H,4-5H2,1-3H3. The van der Waals surface area contributed by atoms with Crippen LogP contribution in [0.1, 0.15) is 13.8 Å². The van der Waals surface area contributed by atoms with Crippen LogP contribution in [0.2, 0.25) is 0 Å². The molecule has 1 saturated heterocycles. The monoisotopic (exact) mass is 229 g/mol. The lowest BCUT2D eigenvalue weighted by molar-refractivity contribution is -0.159. The quantitative estimate of drug-likeness (QED) is 0.528. The van der Waals surface area contributed by atoms with Crippen molar-refractivity contribution in [2.75, 3.05) is 20.2 Å². The third kappa shape index (κ3) is 2.96. The molecule has 6 heteroatoms. The summed E-state index contributed by atoms with van der Waals surface area (Å²) >= 11 is 0. The number of amides is 1. The summed E-state index contributed by atoms with van der Waals surface area (Å²) in [5.74, 6) is -2.21. The van der Waals surface area contributed by atoms with Gasteiger partial charge in [-0.2, -0.15) is 0 Å². The number of carbonyl (C=O) groups is 2. The topological polar surface area (TPSA) is 76.1 Å². The van der Waals surface area contributed by atoms with E-state index in [0.717, 1.165) is 6.08 Å². The van der Waals surface area contributed by atoms with Crippen LogP contribution in [0.4, 0.5) is 0 Å². The van der Waals surface area contributed by atoms with E-state index in [1.807, 2.05) is 0 Å². The molecule has 1 N–H and O–H groups in total. The lowest BCUT2D eigenvalue weighted by Crippen LogP contribution is -2.28. The van der Waals surface area contributed by atoms with Crippen molar-refractivity contribution in [3.05, 3.63) is 11.8 Å². The number of hydrogen-bond donors (Lipinski definition) is 1. The fourth-order valence-corrected chi connectivity index (χ4v) is 1.17. The molecule has 0 bridgehead atoms. The van der Waals surface area contributed by atoms with E-state index in [2.05, 4.69) is 0 Å². The highest BCUT2D eigenvalue weighted by atomic mass is 16.8. The first kappa shape index (κ1) is 12.5. The van der Waals surface area contributed by atoms with Gasteiger partial charge in [0.15, 0.2) is 0 Å². The van der Waals surface area contributed by atoms with Gasteiger partial charge in [-0.25, -0.2) is 4.79 Å². The average Bonchev–Trinajstić information content (AvgIpc) is 2.40. The Morgan fingerprint density at radius 2 is 2.12 bits per heavy atom. The van der Waals surface area contributed by atoms with Crippen LogP contribution in [0.5, 0.6) is 0 Å². The smallest absolute Gasteiger partial charge is 0.377 e. The molecule has 1 fully saturated rings. The third-order valence-electron chi connectivity index (χ3n) is 1.96. The Labute approximate surface area is 93.4 Å². The molecular weight excluding hydrogens is 214 g/mol. The first-order chi connectivity index (χ1) is 7.35. The van der Waals surface area contributed by atoms with Gasteiger partial charge in [0.2, 0.25) is 17.5 Å². The van der Waals surface area contributed by atoms with E-state index in [4.69, 9.17) is 14.6 Å². The first-order valence-electron chi connectivity index (χ1n) is 4.86. The predicted molar refractivity (Wildman–Crippen MR) is 54.1 cm³/mol. The minimum atomic E-state index is -1.03. The van der Waals surface area contributed by atoms with Crippen LogP contribution in [0.25, 0.3) is 0 Å². The Morgan fingerprint density at radius 1 is 1.50 bits per heavy atom. The van der Waals surface area contributed by atoms with E-state index in [1.165, 1.54) is 11.9 Å². The summed E-state index contributed by atoms with van der Waals surface area (Å²) in [5, 5.41) is 8.64. The second-order valence-corrected chi connectivity index (χ2v) is 3.88. The molecule has 0 saturated carbocycles. The summed E-state index contributed by atoms with van der Waals surface area (Å²) in [7, 11) is 1.51. The van der Waals surface area contributed by atoms with Gasteiger partial charge in [-0.15, -0.1) is 0 Å². The van der Waals surface area contributed by atoms with Crippen LogP contribution >= 0.6 is 0 Å². The van der Waals surface area contributed by atoms with E-state index < -0.39 is 17.7 Å². The second kappa shape index (κ2) is 4.52. The van der Waals surface area contributed by atoms with Crippen LogP contribution in [-0.2, 0) is 19.1 Å². The highest BCUT2D eigenvalue weighted by Crippen LogP contribution is 2.26. The van der Waals surface area contributed by atoms with Gasteiger partial charge in [0, 0.05) is 27.4 Å². The Bertz CT molecular complexity index is 334. The van der Waals surface area contributed by atoms with Crippen molar-refractivity contribution in [2.24, 2.45) is 0 Å². The average molecular weight is 229 g/mol. The van der Waals surface area contributed by atoms with Crippen molar-refractivity contribution < 1.29 is 24.2 Å². The SMILES string of the molecule is CN(CCO)C(=O)C=C1OC(C)(C)OC1=O. The number of cyclic esters (lactones) is 1. The van der Waals surface area contributed by atoms with Crippen molar-refractivity contribution >= 4 is 11.9 Å².